The Bertz CT molecular complexity index is 586. The van der Waals surface area contributed by atoms with Gasteiger partial charge >= 0.3 is 0 Å². The van der Waals surface area contributed by atoms with E-state index in [0.717, 1.165) is 11.4 Å². The van der Waals surface area contributed by atoms with Crippen LogP contribution in [0.15, 0.2) is 48.8 Å². The van der Waals surface area contributed by atoms with Crippen LogP contribution in [-0.2, 0) is 0 Å². The molecule has 0 aliphatic heterocycles. The summed E-state index contributed by atoms with van der Waals surface area (Å²) < 4.78 is 1.87. The third-order valence-corrected chi connectivity index (χ3v) is 2.22. The third kappa shape index (κ3) is 1.27. The highest BCUT2D eigenvalue weighted by Crippen LogP contribution is 2.15. The SMILES string of the molecule is c1ccc(-c2nnc3ncccn23)cc1. The number of hydrogen-bond donors (Lipinski definition) is 0. The van der Waals surface area contributed by atoms with E-state index in [9.17, 15) is 0 Å². The monoisotopic (exact) mass is 196 g/mol. The van der Waals surface area contributed by atoms with Crippen LogP contribution in [0.5, 0.6) is 0 Å². The van der Waals surface area contributed by atoms with Crippen LogP contribution < -0.4 is 0 Å². The van der Waals surface area contributed by atoms with Crippen LogP contribution in [0.4, 0.5) is 0 Å². The second-order valence-corrected chi connectivity index (χ2v) is 3.18. The van der Waals surface area contributed by atoms with Gasteiger partial charge in [0.15, 0.2) is 5.82 Å². The van der Waals surface area contributed by atoms with Crippen LogP contribution in [0.1, 0.15) is 0 Å². The standard InChI is InChI=1S/C11H8N4/c1-2-5-9(6-3-1)10-13-14-11-12-7-4-8-15(10)11/h1-8H. The van der Waals surface area contributed by atoms with Crippen molar-refractivity contribution < 1.29 is 0 Å². The van der Waals surface area contributed by atoms with Crippen molar-refractivity contribution in [2.24, 2.45) is 0 Å². The summed E-state index contributed by atoms with van der Waals surface area (Å²) in [5.74, 6) is 1.44. The molecule has 4 nitrogen and oxygen atoms in total. The van der Waals surface area contributed by atoms with Gasteiger partial charge in [0.2, 0.25) is 0 Å². The van der Waals surface area contributed by atoms with Gasteiger partial charge < -0.3 is 0 Å². The van der Waals surface area contributed by atoms with Crippen molar-refractivity contribution in [3.8, 4) is 11.4 Å². The maximum atomic E-state index is 4.12. The van der Waals surface area contributed by atoms with Crippen LogP contribution in [-0.4, -0.2) is 19.6 Å². The van der Waals surface area contributed by atoms with Crippen molar-refractivity contribution in [3.63, 3.8) is 0 Å². The predicted octanol–water partition coefficient (Wildman–Crippen LogP) is 1.79. The lowest BCUT2D eigenvalue weighted by atomic mass is 10.2. The highest BCUT2D eigenvalue weighted by atomic mass is 15.3. The van der Waals surface area contributed by atoms with Gasteiger partial charge in [-0.2, -0.15) is 0 Å². The molecular formula is C11H8N4. The van der Waals surface area contributed by atoms with Crippen molar-refractivity contribution in [1.29, 1.82) is 0 Å². The first kappa shape index (κ1) is 8.11. The van der Waals surface area contributed by atoms with E-state index in [-0.39, 0.29) is 0 Å². The summed E-state index contributed by atoms with van der Waals surface area (Å²) in [6.07, 6.45) is 3.61. The van der Waals surface area contributed by atoms with E-state index in [2.05, 4.69) is 15.2 Å². The molecule has 0 aliphatic carbocycles. The summed E-state index contributed by atoms with van der Waals surface area (Å²) in [7, 11) is 0. The van der Waals surface area contributed by atoms with Crippen molar-refractivity contribution >= 4 is 5.78 Å². The molecule has 0 aliphatic rings. The van der Waals surface area contributed by atoms with E-state index < -0.39 is 0 Å². The van der Waals surface area contributed by atoms with Gasteiger partial charge in [-0.25, -0.2) is 4.98 Å². The smallest absolute Gasteiger partial charge is 0.255 e. The summed E-state index contributed by atoms with van der Waals surface area (Å²) >= 11 is 0. The van der Waals surface area contributed by atoms with Gasteiger partial charge in [-0.05, 0) is 6.07 Å². The van der Waals surface area contributed by atoms with Crippen LogP contribution >= 0.6 is 0 Å². The van der Waals surface area contributed by atoms with E-state index in [4.69, 9.17) is 0 Å². The van der Waals surface area contributed by atoms with Gasteiger partial charge in [0, 0.05) is 18.0 Å². The molecule has 0 saturated heterocycles. The average Bonchev–Trinajstić information content (AvgIpc) is 2.74. The minimum Gasteiger partial charge on any atom is -0.266 e. The highest BCUT2D eigenvalue weighted by Gasteiger charge is 2.06. The van der Waals surface area contributed by atoms with Crippen LogP contribution in [0.3, 0.4) is 0 Å². The predicted molar refractivity (Wildman–Crippen MR) is 56.2 cm³/mol. The van der Waals surface area contributed by atoms with Gasteiger partial charge in [-0.1, -0.05) is 30.3 Å². The maximum absolute atomic E-state index is 4.12. The Morgan fingerprint density at radius 3 is 2.67 bits per heavy atom. The number of fused-ring (bicyclic) bond motifs is 1. The first-order valence-corrected chi connectivity index (χ1v) is 4.66. The van der Waals surface area contributed by atoms with Gasteiger partial charge in [0.05, 0.1) is 0 Å². The molecule has 0 fully saturated rings. The van der Waals surface area contributed by atoms with Crippen molar-refractivity contribution in [2.45, 2.75) is 0 Å². The lowest BCUT2D eigenvalue weighted by Gasteiger charge is -1.97. The molecule has 0 bridgehead atoms. The molecule has 0 N–H and O–H groups in total. The Hall–Kier alpha value is -2.23. The minimum absolute atomic E-state index is 0.622. The first-order valence-electron chi connectivity index (χ1n) is 4.66. The molecular weight excluding hydrogens is 188 g/mol. The lowest BCUT2D eigenvalue weighted by molar-refractivity contribution is 1.10. The number of hydrogen-bond acceptors (Lipinski definition) is 3. The Kier molecular flexibility index (Phi) is 1.71. The molecule has 0 radical (unpaired) electrons. The van der Waals surface area contributed by atoms with Crippen molar-refractivity contribution in [2.75, 3.05) is 0 Å². The molecule has 3 rings (SSSR count). The fraction of sp³-hybridized carbons (Fsp3) is 0. The van der Waals surface area contributed by atoms with E-state index in [0.29, 0.717) is 5.78 Å². The second-order valence-electron chi connectivity index (χ2n) is 3.18. The van der Waals surface area contributed by atoms with E-state index >= 15 is 0 Å². The van der Waals surface area contributed by atoms with Crippen LogP contribution in [0.2, 0.25) is 0 Å². The van der Waals surface area contributed by atoms with Crippen LogP contribution in [0.25, 0.3) is 17.2 Å². The molecule has 0 spiro atoms. The Labute approximate surface area is 86.2 Å². The minimum atomic E-state index is 0.622. The van der Waals surface area contributed by atoms with E-state index in [1.807, 2.05) is 47.0 Å². The van der Waals surface area contributed by atoms with E-state index in [1.165, 1.54) is 0 Å². The zero-order chi connectivity index (χ0) is 10.1. The Morgan fingerprint density at radius 2 is 1.80 bits per heavy atom. The van der Waals surface area contributed by atoms with Gasteiger partial charge in [-0.15, -0.1) is 10.2 Å². The number of rotatable bonds is 1. The number of aromatic nitrogens is 4. The van der Waals surface area contributed by atoms with Gasteiger partial charge in [0.25, 0.3) is 5.78 Å². The zero-order valence-corrected chi connectivity index (χ0v) is 7.91. The summed E-state index contributed by atoms with van der Waals surface area (Å²) in [4.78, 5) is 4.12. The Balaban J connectivity index is 2.28. The summed E-state index contributed by atoms with van der Waals surface area (Å²) in [5.41, 5.74) is 1.04. The van der Waals surface area contributed by atoms with Crippen LogP contribution in [0, 0.1) is 0 Å². The molecule has 2 heterocycles. The maximum Gasteiger partial charge on any atom is 0.255 e. The van der Waals surface area contributed by atoms with Crippen molar-refractivity contribution in [1.82, 2.24) is 19.6 Å². The molecule has 1 aromatic carbocycles. The van der Waals surface area contributed by atoms with Gasteiger partial charge in [-0.3, -0.25) is 4.40 Å². The number of nitrogens with zero attached hydrogens (tertiary/aromatic N) is 4. The molecule has 0 amide bonds. The molecule has 4 heteroatoms. The highest BCUT2D eigenvalue weighted by molar-refractivity contribution is 5.57. The first-order chi connectivity index (χ1) is 7.45. The second kappa shape index (κ2) is 3.16. The average molecular weight is 196 g/mol. The molecule has 15 heavy (non-hydrogen) atoms. The molecule has 0 saturated carbocycles. The number of benzene rings is 1. The lowest BCUT2D eigenvalue weighted by Crippen LogP contribution is -1.89. The molecule has 72 valence electrons. The molecule has 0 unspecified atom stereocenters. The molecule has 3 aromatic rings. The zero-order valence-electron chi connectivity index (χ0n) is 7.91. The summed E-state index contributed by atoms with van der Waals surface area (Å²) in [6.45, 7) is 0. The summed E-state index contributed by atoms with van der Waals surface area (Å²) in [5, 5.41) is 8.11. The quantitative estimate of drug-likeness (QED) is 0.596. The largest absolute Gasteiger partial charge is 0.266 e. The Morgan fingerprint density at radius 1 is 0.933 bits per heavy atom. The normalized spacial score (nSPS) is 10.7. The molecule has 2 aromatic heterocycles. The fourth-order valence-electron chi connectivity index (χ4n) is 1.53. The van der Waals surface area contributed by atoms with E-state index in [1.54, 1.807) is 6.20 Å². The third-order valence-electron chi connectivity index (χ3n) is 2.22. The van der Waals surface area contributed by atoms with Gasteiger partial charge in [0.1, 0.15) is 0 Å². The topological polar surface area (TPSA) is 43.1 Å². The molecule has 0 atom stereocenters. The fourth-order valence-corrected chi connectivity index (χ4v) is 1.53. The van der Waals surface area contributed by atoms with Crippen molar-refractivity contribution in [3.05, 3.63) is 48.8 Å². The summed E-state index contributed by atoms with van der Waals surface area (Å²) in [6, 6.07) is 11.8.